The minimum Gasteiger partial charge on any atom is -0.493 e. The maximum Gasteiger partial charge on any atom is 0.323 e. The Kier molecular flexibility index (Phi) is 27.6. The van der Waals surface area contributed by atoms with Crippen LogP contribution in [0.5, 0.6) is 23.0 Å². The molecule has 0 radical (unpaired) electrons. The molecule has 100 heavy (non-hydrogen) atoms. The molecule has 0 saturated carbocycles. The van der Waals surface area contributed by atoms with E-state index < -0.39 is 24.1 Å². The largest absolute Gasteiger partial charge is 0.493 e. The number of esters is 1. The highest BCUT2D eigenvalue weighted by molar-refractivity contribution is 6.02. The summed E-state index contributed by atoms with van der Waals surface area (Å²) < 4.78 is 33.3. The molecule has 9 rings (SSSR count). The lowest BCUT2D eigenvalue weighted by Gasteiger charge is -2.25. The van der Waals surface area contributed by atoms with Crippen LogP contribution in [-0.4, -0.2) is 63.1 Å². The topological polar surface area (TPSA) is 228 Å². The van der Waals surface area contributed by atoms with Crippen LogP contribution in [0.15, 0.2) is 146 Å². The molecule has 8 aromatic rings. The summed E-state index contributed by atoms with van der Waals surface area (Å²) >= 11 is 0. The summed E-state index contributed by atoms with van der Waals surface area (Å²) in [6.45, 7) is 17.8. The van der Waals surface area contributed by atoms with E-state index in [1.54, 1.807) is 0 Å². The maximum atomic E-state index is 14.4. The Morgan fingerprint density at radius 3 is 0.750 bits per heavy atom. The van der Waals surface area contributed by atoms with Gasteiger partial charge in [0.25, 0.3) is 0 Å². The van der Waals surface area contributed by atoms with Crippen LogP contribution in [0, 0.1) is 27.7 Å². The number of amides is 8. The Balaban J connectivity index is 1.24. The van der Waals surface area contributed by atoms with Gasteiger partial charge in [-0.1, -0.05) is 130 Å². The van der Waals surface area contributed by atoms with Gasteiger partial charge in [-0.25, -0.2) is 19.2 Å². The summed E-state index contributed by atoms with van der Waals surface area (Å²) in [7, 11) is 0. The second-order valence-corrected chi connectivity index (χ2v) is 25.8. The van der Waals surface area contributed by atoms with Crippen molar-refractivity contribution in [3.05, 3.63) is 212 Å². The quantitative estimate of drug-likeness (QED) is 0.0157. The predicted molar refractivity (Wildman–Crippen MR) is 403 cm³/mol. The summed E-state index contributed by atoms with van der Waals surface area (Å²) in [6.07, 6.45) is 10.8. The van der Waals surface area contributed by atoms with Crippen LogP contribution in [-0.2, 0) is 35.2 Å². The number of ether oxygens (including phenoxy) is 5. The van der Waals surface area contributed by atoms with Gasteiger partial charge in [0.1, 0.15) is 23.0 Å². The number of aryl methyl sites for hydroxylation is 4. The third kappa shape index (κ3) is 22.5. The molecule has 8 aromatic carbocycles. The van der Waals surface area contributed by atoms with Crippen molar-refractivity contribution in [3.63, 3.8) is 0 Å². The van der Waals surface area contributed by atoms with Gasteiger partial charge < -0.3 is 66.2 Å². The van der Waals surface area contributed by atoms with Gasteiger partial charge in [-0.05, 0) is 164 Å². The van der Waals surface area contributed by atoms with Crippen molar-refractivity contribution < 1.29 is 47.7 Å². The van der Waals surface area contributed by atoms with E-state index in [1.165, 1.54) is 0 Å². The fourth-order valence-electron chi connectivity index (χ4n) is 12.1. The molecule has 8 bridgehead atoms. The van der Waals surface area contributed by atoms with E-state index in [-0.39, 0.29) is 31.7 Å². The van der Waals surface area contributed by atoms with Crippen molar-refractivity contribution in [2.75, 3.05) is 75.6 Å². The average molecular weight is 1360 g/mol. The number of rotatable bonds is 30. The molecule has 526 valence electrons. The molecule has 1 aliphatic carbocycles. The van der Waals surface area contributed by atoms with Gasteiger partial charge >= 0.3 is 30.1 Å². The van der Waals surface area contributed by atoms with Crippen LogP contribution < -0.4 is 61.5 Å². The van der Waals surface area contributed by atoms with E-state index in [2.05, 4.69) is 63.3 Å². The molecule has 0 saturated heterocycles. The maximum absolute atomic E-state index is 14.4. The minimum atomic E-state index is -0.459. The molecular formula is C82H98N8O10. The number of benzene rings is 8. The number of urea groups is 4. The standard InChI is InChI=1S/C82H98N8O10/c1-9-38-97-75-58-42-60-48-71(88-80(93)84-67-32-24-55(6)25-33-67)50-62(76(60)98-39-10-2)44-64-52-73(90-82(95)86-69-36-28-57(8)29-37-69)53-65(78(64)100-41-20-18-16-14-13-15-17-19-21-74(91)96-12-4)45-63-51-72(89-81(94)85-68-34-26-56(7)27-35-68)49-61(77(63)99-40-11-3)43-59(75)47-70(46-58)87-79(92)83-66-30-22-54(5)23-31-66/h22-37,46-53H,9-21,38-45H2,1-8H3,(H2,83,87,92)(H2,84,88,93)(H2,85,89,94)(H2,86,90,95). The molecule has 0 unspecified atom stereocenters. The molecule has 8 amide bonds. The van der Waals surface area contributed by atoms with Gasteiger partial charge in [-0.15, -0.1) is 0 Å². The highest BCUT2D eigenvalue weighted by Gasteiger charge is 2.27. The Hall–Kier alpha value is -10.5. The van der Waals surface area contributed by atoms with E-state index in [0.717, 1.165) is 84.7 Å². The normalized spacial score (nSPS) is 11.5. The molecule has 8 N–H and O–H groups in total. The second kappa shape index (κ2) is 37.5. The van der Waals surface area contributed by atoms with Crippen molar-refractivity contribution >= 4 is 75.6 Å². The Morgan fingerprint density at radius 1 is 0.290 bits per heavy atom. The summed E-state index contributed by atoms with van der Waals surface area (Å²) in [5, 5.41) is 24.8. The second-order valence-electron chi connectivity index (χ2n) is 25.8. The monoisotopic (exact) mass is 1350 g/mol. The highest BCUT2D eigenvalue weighted by atomic mass is 16.5. The zero-order chi connectivity index (χ0) is 70.8. The molecule has 0 spiro atoms. The number of nitrogens with one attached hydrogen (secondary N) is 8. The van der Waals surface area contributed by atoms with Gasteiger partial charge in [-0.3, -0.25) is 4.79 Å². The number of anilines is 8. The van der Waals surface area contributed by atoms with Gasteiger partial charge in [0.05, 0.1) is 33.0 Å². The van der Waals surface area contributed by atoms with Crippen molar-refractivity contribution in [1.82, 2.24) is 0 Å². The van der Waals surface area contributed by atoms with Crippen LogP contribution in [0.3, 0.4) is 0 Å². The van der Waals surface area contributed by atoms with Crippen molar-refractivity contribution in [1.29, 1.82) is 0 Å². The average Bonchev–Trinajstić information content (AvgIpc) is 0.773. The number of carbonyl (C=O) groups excluding carboxylic acids is 5. The lowest BCUT2D eigenvalue weighted by atomic mass is 9.90. The third-order valence-electron chi connectivity index (χ3n) is 16.9. The Bertz CT molecular complexity index is 3890. The smallest absolute Gasteiger partial charge is 0.323 e. The number of unbranched alkanes of at least 4 members (excludes halogenated alkanes) is 7. The number of fused-ring (bicyclic) bond motifs is 8. The molecular weight excluding hydrogens is 1260 g/mol. The first-order valence-corrected chi connectivity index (χ1v) is 35.4. The first kappa shape index (κ1) is 73.7. The zero-order valence-corrected chi connectivity index (χ0v) is 59.3. The van der Waals surface area contributed by atoms with E-state index in [9.17, 15) is 24.0 Å². The van der Waals surface area contributed by atoms with Crippen molar-refractivity contribution in [3.8, 4) is 23.0 Å². The Morgan fingerprint density at radius 2 is 0.510 bits per heavy atom. The number of hydrogen-bond acceptors (Lipinski definition) is 10. The summed E-state index contributed by atoms with van der Waals surface area (Å²) in [5.74, 6) is 2.20. The lowest BCUT2D eigenvalue weighted by Crippen LogP contribution is -2.21. The number of hydrogen-bond donors (Lipinski definition) is 8. The van der Waals surface area contributed by atoms with Crippen LogP contribution >= 0.6 is 0 Å². The van der Waals surface area contributed by atoms with E-state index in [4.69, 9.17) is 23.7 Å². The summed E-state index contributed by atoms with van der Waals surface area (Å²) in [6, 6.07) is 44.0. The molecule has 0 fully saturated rings. The van der Waals surface area contributed by atoms with Crippen LogP contribution in [0.25, 0.3) is 0 Å². The molecule has 0 aromatic heterocycles. The molecule has 1 aliphatic rings. The molecule has 0 atom stereocenters. The highest BCUT2D eigenvalue weighted by Crippen LogP contribution is 2.43. The predicted octanol–water partition coefficient (Wildman–Crippen LogP) is 20.0. The van der Waals surface area contributed by atoms with Gasteiger partial charge in [0, 0.05) is 122 Å². The van der Waals surface area contributed by atoms with Crippen LogP contribution in [0.4, 0.5) is 64.7 Å². The minimum absolute atomic E-state index is 0.143. The fraction of sp³-hybridized carbons (Fsp3) is 0.354. The molecule has 0 heterocycles. The summed E-state index contributed by atoms with van der Waals surface area (Å²) in [4.78, 5) is 69.2. The van der Waals surface area contributed by atoms with Crippen molar-refractivity contribution in [2.24, 2.45) is 0 Å². The van der Waals surface area contributed by atoms with Gasteiger partial charge in [0.15, 0.2) is 0 Å². The molecule has 0 aliphatic heterocycles. The van der Waals surface area contributed by atoms with E-state index >= 15 is 0 Å². The van der Waals surface area contributed by atoms with E-state index in [0.29, 0.717) is 161 Å². The first-order chi connectivity index (χ1) is 48.5. The van der Waals surface area contributed by atoms with Gasteiger partial charge in [-0.2, -0.15) is 0 Å². The van der Waals surface area contributed by atoms with Gasteiger partial charge in [0.2, 0.25) is 0 Å². The third-order valence-corrected chi connectivity index (χ3v) is 16.9. The first-order valence-electron chi connectivity index (χ1n) is 35.4. The Labute approximate surface area is 589 Å². The molecule has 18 heteroatoms. The summed E-state index contributed by atoms with van der Waals surface area (Å²) in [5.41, 5.74) is 14.3. The van der Waals surface area contributed by atoms with E-state index in [1.807, 2.05) is 180 Å². The number of carbonyl (C=O) groups is 5. The van der Waals surface area contributed by atoms with Crippen LogP contribution in [0.1, 0.15) is 172 Å². The fourth-order valence-corrected chi connectivity index (χ4v) is 12.1. The van der Waals surface area contributed by atoms with Crippen LogP contribution in [0.2, 0.25) is 0 Å². The SMILES string of the molecule is CCCOc1c2cc(NC(=O)Nc3ccc(C)cc3)cc1Cc1cc(NC(=O)Nc3ccc(C)cc3)cc(c1OCCC)Cc1cc(NC(=O)Nc3ccc(C)cc3)cc(c1OCCCCCCCCCCC(=O)OCC)Cc1cc(NC(=O)Nc3ccc(C)cc3)cc(c1OCCC)C2. The van der Waals surface area contributed by atoms with Crippen molar-refractivity contribution in [2.45, 2.75) is 158 Å². The molecule has 18 nitrogen and oxygen atoms in total. The lowest BCUT2D eigenvalue weighted by molar-refractivity contribution is -0.143. The zero-order valence-electron chi connectivity index (χ0n) is 59.3.